The largest absolute Gasteiger partial charge is 0.481 e. The summed E-state index contributed by atoms with van der Waals surface area (Å²) in [6.45, 7) is 7.21. The normalized spacial score (nSPS) is 27.8. The molecule has 0 aromatic heterocycles. The molecule has 0 spiro atoms. The number of ketones is 1. The summed E-state index contributed by atoms with van der Waals surface area (Å²) < 4.78 is 0. The Kier molecular flexibility index (Phi) is 6.98. The molecule has 6 nitrogen and oxygen atoms in total. The lowest BCUT2D eigenvalue weighted by Crippen LogP contribution is -2.58. The SMILES string of the molecule is C=C(Cl)/C(=C\CCC)CCC(=O)C1CNN2CC(C(=O)O)CNC12. The van der Waals surface area contributed by atoms with Gasteiger partial charge in [-0.05, 0) is 18.4 Å². The first-order chi connectivity index (χ1) is 11.4. The molecule has 3 unspecified atom stereocenters. The number of nitrogens with zero attached hydrogens (tertiary/aromatic N) is 1. The van der Waals surface area contributed by atoms with Crippen LogP contribution in [-0.2, 0) is 9.59 Å². The molecule has 2 fully saturated rings. The van der Waals surface area contributed by atoms with Gasteiger partial charge in [-0.25, -0.2) is 5.01 Å². The zero-order chi connectivity index (χ0) is 17.7. The van der Waals surface area contributed by atoms with Crippen LogP contribution >= 0.6 is 11.6 Å². The number of nitrogens with one attached hydrogen (secondary N) is 2. The second-order valence-corrected chi connectivity index (χ2v) is 6.85. The summed E-state index contributed by atoms with van der Waals surface area (Å²) in [4.78, 5) is 23.7. The second-order valence-electron chi connectivity index (χ2n) is 6.40. The summed E-state index contributed by atoms with van der Waals surface area (Å²) in [7, 11) is 0. The maximum Gasteiger partial charge on any atom is 0.309 e. The van der Waals surface area contributed by atoms with Crippen molar-refractivity contribution in [2.75, 3.05) is 19.6 Å². The number of rotatable bonds is 8. The van der Waals surface area contributed by atoms with E-state index in [9.17, 15) is 9.59 Å². The molecule has 2 saturated heterocycles. The third kappa shape index (κ3) is 4.66. The van der Waals surface area contributed by atoms with Crippen molar-refractivity contribution in [3.05, 3.63) is 23.3 Å². The van der Waals surface area contributed by atoms with Crippen LogP contribution in [-0.4, -0.2) is 47.7 Å². The van der Waals surface area contributed by atoms with Gasteiger partial charge in [-0.2, -0.15) is 0 Å². The third-order valence-electron chi connectivity index (χ3n) is 4.65. The number of carbonyl (C=O) groups excluding carboxylic acids is 1. The van der Waals surface area contributed by atoms with Gasteiger partial charge in [0.15, 0.2) is 0 Å². The Bertz CT molecular complexity index is 535. The van der Waals surface area contributed by atoms with Gasteiger partial charge < -0.3 is 5.11 Å². The Labute approximate surface area is 147 Å². The van der Waals surface area contributed by atoms with Gasteiger partial charge in [0.2, 0.25) is 0 Å². The number of Topliss-reactive ketones (excluding diaryl/α,β-unsaturated/α-hetero) is 1. The monoisotopic (exact) mass is 355 g/mol. The molecule has 3 N–H and O–H groups in total. The van der Waals surface area contributed by atoms with Gasteiger partial charge >= 0.3 is 5.97 Å². The molecule has 0 aromatic rings. The Hall–Kier alpha value is -1.21. The number of aliphatic carboxylic acids is 1. The van der Waals surface area contributed by atoms with Crippen LogP contribution in [0.4, 0.5) is 0 Å². The summed E-state index contributed by atoms with van der Waals surface area (Å²) in [6.07, 6.45) is 4.90. The molecule has 0 saturated carbocycles. The van der Waals surface area contributed by atoms with Crippen molar-refractivity contribution in [2.24, 2.45) is 11.8 Å². The Morgan fingerprint density at radius 1 is 1.38 bits per heavy atom. The van der Waals surface area contributed by atoms with E-state index in [1.54, 1.807) is 0 Å². The average molecular weight is 356 g/mol. The van der Waals surface area contributed by atoms with E-state index in [0.717, 1.165) is 18.4 Å². The zero-order valence-electron chi connectivity index (χ0n) is 14.1. The third-order valence-corrected chi connectivity index (χ3v) is 4.90. The number of carboxylic acid groups (broad SMARTS) is 1. The van der Waals surface area contributed by atoms with E-state index in [-0.39, 0.29) is 17.9 Å². The predicted octanol–water partition coefficient (Wildman–Crippen LogP) is 1.88. The highest BCUT2D eigenvalue weighted by Gasteiger charge is 2.42. The highest BCUT2D eigenvalue weighted by atomic mass is 35.5. The zero-order valence-corrected chi connectivity index (χ0v) is 14.8. The van der Waals surface area contributed by atoms with E-state index in [4.69, 9.17) is 16.7 Å². The first-order valence-electron chi connectivity index (χ1n) is 8.46. The van der Waals surface area contributed by atoms with Crippen LogP contribution < -0.4 is 10.7 Å². The van der Waals surface area contributed by atoms with Gasteiger partial charge in [0.05, 0.1) is 18.0 Å². The average Bonchev–Trinajstić information content (AvgIpc) is 2.97. The smallest absolute Gasteiger partial charge is 0.309 e. The van der Waals surface area contributed by atoms with Crippen LogP contribution in [0.5, 0.6) is 0 Å². The first-order valence-corrected chi connectivity index (χ1v) is 8.84. The predicted molar refractivity (Wildman–Crippen MR) is 93.3 cm³/mol. The van der Waals surface area contributed by atoms with Crippen molar-refractivity contribution in [1.29, 1.82) is 0 Å². The van der Waals surface area contributed by atoms with E-state index < -0.39 is 11.9 Å². The molecule has 24 heavy (non-hydrogen) atoms. The fraction of sp³-hybridized carbons (Fsp3) is 0.647. The van der Waals surface area contributed by atoms with Gasteiger partial charge in [-0.1, -0.05) is 37.6 Å². The van der Waals surface area contributed by atoms with Gasteiger partial charge in [0.25, 0.3) is 0 Å². The molecule has 0 aromatic carbocycles. The lowest BCUT2D eigenvalue weighted by atomic mass is 9.94. The van der Waals surface area contributed by atoms with E-state index in [2.05, 4.69) is 30.3 Å². The minimum absolute atomic E-state index is 0.129. The van der Waals surface area contributed by atoms with Crippen LogP contribution in [0.25, 0.3) is 0 Å². The fourth-order valence-corrected chi connectivity index (χ4v) is 3.38. The quantitative estimate of drug-likeness (QED) is 0.577. The number of hydrazine groups is 1. The molecular formula is C17H26ClN3O3. The van der Waals surface area contributed by atoms with Gasteiger partial charge in [0.1, 0.15) is 5.78 Å². The van der Waals surface area contributed by atoms with Crippen LogP contribution in [0.1, 0.15) is 32.6 Å². The highest BCUT2D eigenvalue weighted by molar-refractivity contribution is 6.31. The molecule has 2 heterocycles. The summed E-state index contributed by atoms with van der Waals surface area (Å²) in [6, 6.07) is 0. The molecular weight excluding hydrogens is 330 g/mol. The van der Waals surface area contributed by atoms with E-state index >= 15 is 0 Å². The van der Waals surface area contributed by atoms with Crippen molar-refractivity contribution in [2.45, 2.75) is 38.8 Å². The van der Waals surface area contributed by atoms with E-state index in [1.807, 2.05) is 5.01 Å². The van der Waals surface area contributed by atoms with Crippen molar-refractivity contribution >= 4 is 23.4 Å². The summed E-state index contributed by atoms with van der Waals surface area (Å²) in [5, 5.41) is 14.7. The second kappa shape index (κ2) is 8.76. The molecule has 134 valence electrons. The topological polar surface area (TPSA) is 81.7 Å². The summed E-state index contributed by atoms with van der Waals surface area (Å²) >= 11 is 6.02. The van der Waals surface area contributed by atoms with Crippen LogP contribution in [0.15, 0.2) is 23.3 Å². The van der Waals surface area contributed by atoms with Gasteiger partial charge in [0, 0.05) is 31.1 Å². The van der Waals surface area contributed by atoms with Crippen molar-refractivity contribution in [3.8, 4) is 0 Å². The number of unbranched alkanes of at least 4 members (excludes halogenated alkanes) is 1. The minimum atomic E-state index is -0.816. The van der Waals surface area contributed by atoms with Gasteiger partial charge in [-0.3, -0.25) is 20.3 Å². The maximum atomic E-state index is 12.6. The van der Waals surface area contributed by atoms with Crippen LogP contribution in [0.2, 0.25) is 0 Å². The van der Waals surface area contributed by atoms with Crippen molar-refractivity contribution < 1.29 is 14.7 Å². The fourth-order valence-electron chi connectivity index (χ4n) is 3.20. The molecule has 0 aliphatic carbocycles. The Morgan fingerprint density at radius 2 is 2.12 bits per heavy atom. The number of carbonyl (C=O) groups is 2. The summed E-state index contributed by atoms with van der Waals surface area (Å²) in [5.74, 6) is -1.28. The lowest BCUT2D eigenvalue weighted by Gasteiger charge is -2.35. The highest BCUT2D eigenvalue weighted by Crippen LogP contribution is 2.25. The van der Waals surface area contributed by atoms with Crippen LogP contribution in [0.3, 0.4) is 0 Å². The number of allylic oxidation sites excluding steroid dienone is 3. The molecule has 2 rings (SSSR count). The molecule has 0 radical (unpaired) electrons. The Balaban J connectivity index is 1.90. The molecule has 2 aliphatic rings. The standard InChI is InChI=1S/C17H26ClN3O3/c1-3-4-5-12(11(2)18)6-7-15(22)14-9-20-21-10-13(17(23)24)8-19-16(14)21/h5,13-14,16,19-20H,2-4,6-10H2,1H3,(H,23,24)/b12-5-. The number of fused-ring (bicyclic) bond motifs is 1. The molecule has 7 heteroatoms. The number of hydrogen-bond acceptors (Lipinski definition) is 5. The molecule has 0 amide bonds. The number of carboxylic acids is 1. The van der Waals surface area contributed by atoms with E-state index in [1.165, 1.54) is 0 Å². The van der Waals surface area contributed by atoms with Crippen LogP contribution in [0, 0.1) is 11.8 Å². The molecule has 0 bridgehead atoms. The number of halogens is 1. The molecule has 3 atom stereocenters. The first kappa shape index (κ1) is 19.1. The minimum Gasteiger partial charge on any atom is -0.481 e. The van der Waals surface area contributed by atoms with Crippen molar-refractivity contribution in [3.63, 3.8) is 0 Å². The Morgan fingerprint density at radius 3 is 2.75 bits per heavy atom. The maximum absolute atomic E-state index is 12.6. The summed E-state index contributed by atoms with van der Waals surface area (Å²) in [5.41, 5.74) is 4.09. The number of hydrogen-bond donors (Lipinski definition) is 3. The lowest BCUT2D eigenvalue weighted by molar-refractivity contribution is -0.144. The van der Waals surface area contributed by atoms with Gasteiger partial charge in [-0.15, -0.1) is 0 Å². The van der Waals surface area contributed by atoms with Crippen molar-refractivity contribution in [1.82, 2.24) is 15.8 Å². The van der Waals surface area contributed by atoms with E-state index in [0.29, 0.717) is 37.5 Å². The molecule has 2 aliphatic heterocycles.